The third kappa shape index (κ3) is 3.44. The molecule has 1 fully saturated rings. The molecule has 1 saturated heterocycles. The zero-order valence-electron chi connectivity index (χ0n) is 16.5. The van der Waals surface area contributed by atoms with Crippen LogP contribution in [0.5, 0.6) is 0 Å². The van der Waals surface area contributed by atoms with Gasteiger partial charge in [-0.2, -0.15) is 4.98 Å². The summed E-state index contributed by atoms with van der Waals surface area (Å²) in [6.45, 7) is 9.33. The SMILES string of the molecule is C=C(C)Cn1c(N2CCN(c3ccccc3Cl)CC2)nc2c1c(=O)[nH]c(=O)n2C. The predicted octanol–water partition coefficient (Wildman–Crippen LogP) is 1.98. The number of aromatic amines is 1. The van der Waals surface area contributed by atoms with Gasteiger partial charge in [-0.25, -0.2) is 4.79 Å². The van der Waals surface area contributed by atoms with Crippen molar-refractivity contribution in [1.29, 1.82) is 0 Å². The Morgan fingerprint density at radius 1 is 1.17 bits per heavy atom. The summed E-state index contributed by atoms with van der Waals surface area (Å²) < 4.78 is 3.22. The summed E-state index contributed by atoms with van der Waals surface area (Å²) in [5, 5.41) is 0.733. The van der Waals surface area contributed by atoms with Crippen LogP contribution < -0.4 is 21.0 Å². The molecule has 3 aromatic rings. The van der Waals surface area contributed by atoms with Gasteiger partial charge in [-0.1, -0.05) is 35.9 Å². The second kappa shape index (κ2) is 7.44. The molecule has 0 unspecified atom stereocenters. The van der Waals surface area contributed by atoms with Crippen molar-refractivity contribution in [3.05, 3.63) is 62.3 Å². The fourth-order valence-electron chi connectivity index (χ4n) is 3.74. The Kier molecular flexibility index (Phi) is 4.96. The number of H-pyrrole nitrogens is 1. The summed E-state index contributed by atoms with van der Waals surface area (Å²) in [5.74, 6) is 0.675. The van der Waals surface area contributed by atoms with E-state index in [0.29, 0.717) is 23.7 Å². The maximum atomic E-state index is 12.5. The molecule has 29 heavy (non-hydrogen) atoms. The molecular formula is C20H23ClN6O2. The van der Waals surface area contributed by atoms with Crippen LogP contribution in [0.25, 0.3) is 11.2 Å². The Morgan fingerprint density at radius 2 is 1.83 bits per heavy atom. The van der Waals surface area contributed by atoms with Gasteiger partial charge < -0.3 is 14.4 Å². The van der Waals surface area contributed by atoms with Crippen molar-refractivity contribution in [1.82, 2.24) is 19.1 Å². The van der Waals surface area contributed by atoms with Crippen molar-refractivity contribution in [2.45, 2.75) is 13.5 Å². The number of hydrogen-bond acceptors (Lipinski definition) is 5. The molecule has 9 heteroatoms. The van der Waals surface area contributed by atoms with Gasteiger partial charge in [0, 0.05) is 39.8 Å². The largest absolute Gasteiger partial charge is 0.367 e. The van der Waals surface area contributed by atoms with E-state index in [9.17, 15) is 9.59 Å². The third-order valence-corrected chi connectivity index (χ3v) is 5.49. The Balaban J connectivity index is 1.71. The zero-order chi connectivity index (χ0) is 20.7. The molecule has 0 atom stereocenters. The quantitative estimate of drug-likeness (QED) is 0.660. The van der Waals surface area contributed by atoms with Crippen LogP contribution >= 0.6 is 11.6 Å². The van der Waals surface area contributed by atoms with E-state index in [1.165, 1.54) is 4.57 Å². The lowest BCUT2D eigenvalue weighted by Gasteiger charge is -2.37. The standard InChI is InChI=1S/C20H23ClN6O2/c1-13(2)12-27-16-17(24(3)20(29)23-18(16)28)22-19(27)26-10-8-25(9-11-26)15-7-5-4-6-14(15)21/h4-7H,1,8-12H2,2-3H3,(H,23,28,29). The van der Waals surface area contributed by atoms with Crippen LogP contribution in [0.4, 0.5) is 11.6 Å². The summed E-state index contributed by atoms with van der Waals surface area (Å²) >= 11 is 6.34. The molecule has 8 nitrogen and oxygen atoms in total. The lowest BCUT2D eigenvalue weighted by Crippen LogP contribution is -2.47. The van der Waals surface area contributed by atoms with Crippen molar-refractivity contribution in [3.8, 4) is 0 Å². The molecule has 3 heterocycles. The number of aryl methyl sites for hydroxylation is 1. The van der Waals surface area contributed by atoms with Gasteiger partial charge in [0.1, 0.15) is 0 Å². The highest BCUT2D eigenvalue weighted by atomic mass is 35.5. The van der Waals surface area contributed by atoms with Crippen molar-refractivity contribution in [2.24, 2.45) is 7.05 Å². The van der Waals surface area contributed by atoms with Gasteiger partial charge in [-0.3, -0.25) is 14.3 Å². The number of fused-ring (bicyclic) bond motifs is 1. The first-order valence-electron chi connectivity index (χ1n) is 9.45. The molecule has 1 aliphatic rings. The molecule has 4 rings (SSSR count). The molecule has 0 radical (unpaired) electrons. The second-order valence-electron chi connectivity index (χ2n) is 7.37. The Labute approximate surface area is 172 Å². The molecule has 1 N–H and O–H groups in total. The van der Waals surface area contributed by atoms with Gasteiger partial charge in [0.2, 0.25) is 5.95 Å². The number of allylic oxidation sites excluding steroid dienone is 1. The highest BCUT2D eigenvalue weighted by Gasteiger charge is 2.25. The number of piperazine rings is 1. The van der Waals surface area contributed by atoms with Crippen molar-refractivity contribution >= 4 is 34.4 Å². The van der Waals surface area contributed by atoms with Crippen molar-refractivity contribution < 1.29 is 0 Å². The maximum Gasteiger partial charge on any atom is 0.329 e. The monoisotopic (exact) mass is 414 g/mol. The number of nitrogens with zero attached hydrogens (tertiary/aromatic N) is 5. The Hall–Kier alpha value is -3.00. The number of imidazole rings is 1. The van der Waals surface area contributed by atoms with Gasteiger partial charge in [0.25, 0.3) is 5.56 Å². The number of halogens is 1. The van der Waals surface area contributed by atoms with Crippen LogP contribution in [-0.4, -0.2) is 45.3 Å². The fraction of sp³-hybridized carbons (Fsp3) is 0.350. The number of aromatic nitrogens is 4. The highest BCUT2D eigenvalue weighted by molar-refractivity contribution is 6.33. The number of rotatable bonds is 4. The van der Waals surface area contributed by atoms with Crippen LogP contribution in [0, 0.1) is 0 Å². The first-order valence-corrected chi connectivity index (χ1v) is 9.83. The van der Waals surface area contributed by atoms with E-state index in [0.717, 1.165) is 42.5 Å². The van der Waals surface area contributed by atoms with Gasteiger partial charge >= 0.3 is 5.69 Å². The average molecular weight is 415 g/mol. The van der Waals surface area contributed by atoms with Gasteiger partial charge in [0.15, 0.2) is 11.2 Å². The first kappa shape index (κ1) is 19.3. The summed E-state index contributed by atoms with van der Waals surface area (Å²) in [4.78, 5) is 36.0. The topological polar surface area (TPSA) is 79.2 Å². The summed E-state index contributed by atoms with van der Waals surface area (Å²) in [6.07, 6.45) is 0. The fourth-order valence-corrected chi connectivity index (χ4v) is 3.99. The first-order chi connectivity index (χ1) is 13.9. The van der Waals surface area contributed by atoms with Crippen LogP contribution in [-0.2, 0) is 13.6 Å². The average Bonchev–Trinajstić information content (AvgIpc) is 3.06. The zero-order valence-corrected chi connectivity index (χ0v) is 17.2. The van der Waals surface area contributed by atoms with Crippen LogP contribution in [0.15, 0.2) is 46.0 Å². The smallest absolute Gasteiger partial charge is 0.329 e. The molecular weight excluding hydrogens is 392 g/mol. The number of anilines is 2. The number of hydrogen-bond donors (Lipinski definition) is 1. The van der Waals surface area contributed by atoms with E-state index in [1.54, 1.807) is 7.05 Å². The predicted molar refractivity (Wildman–Crippen MR) is 116 cm³/mol. The lowest BCUT2D eigenvalue weighted by atomic mass is 10.2. The molecule has 1 aliphatic heterocycles. The van der Waals surface area contributed by atoms with E-state index in [-0.39, 0.29) is 0 Å². The molecule has 0 amide bonds. The minimum Gasteiger partial charge on any atom is -0.367 e. The third-order valence-electron chi connectivity index (χ3n) is 5.17. The molecule has 0 spiro atoms. The van der Waals surface area contributed by atoms with E-state index in [1.807, 2.05) is 35.8 Å². The molecule has 0 saturated carbocycles. The normalized spacial score (nSPS) is 14.6. The Bertz CT molecular complexity index is 1200. The maximum absolute atomic E-state index is 12.5. The van der Waals surface area contributed by atoms with E-state index in [4.69, 9.17) is 11.6 Å². The molecule has 0 bridgehead atoms. The number of benzene rings is 1. The summed E-state index contributed by atoms with van der Waals surface area (Å²) in [5.41, 5.74) is 1.77. The highest BCUT2D eigenvalue weighted by Crippen LogP contribution is 2.28. The van der Waals surface area contributed by atoms with E-state index in [2.05, 4.69) is 26.3 Å². The Morgan fingerprint density at radius 3 is 2.48 bits per heavy atom. The van der Waals surface area contributed by atoms with Crippen LogP contribution in [0.3, 0.4) is 0 Å². The molecule has 2 aromatic heterocycles. The minimum atomic E-state index is -0.474. The molecule has 152 valence electrons. The van der Waals surface area contributed by atoms with Gasteiger partial charge in [-0.15, -0.1) is 0 Å². The molecule has 1 aromatic carbocycles. The number of para-hydroxylation sites is 1. The van der Waals surface area contributed by atoms with Crippen LogP contribution in [0.1, 0.15) is 6.92 Å². The lowest BCUT2D eigenvalue weighted by molar-refractivity contribution is 0.624. The summed E-state index contributed by atoms with van der Waals surface area (Å²) in [7, 11) is 1.61. The van der Waals surface area contributed by atoms with Crippen molar-refractivity contribution in [2.75, 3.05) is 36.0 Å². The number of nitrogens with one attached hydrogen (secondary N) is 1. The van der Waals surface area contributed by atoms with E-state index < -0.39 is 11.2 Å². The minimum absolute atomic E-state index is 0.378. The van der Waals surface area contributed by atoms with Crippen LogP contribution in [0.2, 0.25) is 5.02 Å². The second-order valence-corrected chi connectivity index (χ2v) is 7.78. The van der Waals surface area contributed by atoms with Gasteiger partial charge in [-0.05, 0) is 19.1 Å². The van der Waals surface area contributed by atoms with E-state index >= 15 is 0 Å². The van der Waals surface area contributed by atoms with Crippen molar-refractivity contribution in [3.63, 3.8) is 0 Å². The summed E-state index contributed by atoms with van der Waals surface area (Å²) in [6, 6.07) is 7.81. The molecule has 0 aliphatic carbocycles. The van der Waals surface area contributed by atoms with Gasteiger partial charge in [0.05, 0.1) is 10.7 Å².